The number of nitrogens with one attached hydrogen (secondary N) is 1. The van der Waals surface area contributed by atoms with Crippen LogP contribution in [-0.4, -0.2) is 79.9 Å². The summed E-state index contributed by atoms with van der Waals surface area (Å²) in [5.41, 5.74) is 0. The molecular formula is C13H25N3O4. The Balaban J connectivity index is 2.20. The predicted molar refractivity (Wildman–Crippen MR) is 74.8 cm³/mol. The first kappa shape index (κ1) is 16.7. The van der Waals surface area contributed by atoms with Crippen LogP contribution < -0.4 is 5.32 Å². The summed E-state index contributed by atoms with van der Waals surface area (Å²) in [5.74, 6) is -0.902. The van der Waals surface area contributed by atoms with Crippen LogP contribution in [0.15, 0.2) is 0 Å². The lowest BCUT2D eigenvalue weighted by atomic mass is 10.2. The minimum Gasteiger partial charge on any atom is -0.481 e. The van der Waals surface area contributed by atoms with Crippen molar-refractivity contribution in [3.05, 3.63) is 0 Å². The first-order valence-corrected chi connectivity index (χ1v) is 7.00. The summed E-state index contributed by atoms with van der Waals surface area (Å²) in [5, 5.41) is 11.6. The standard InChI is InChI=1S/C13H25N3O4/c1-15(2)6-4-3-5-14-13(19)16-7-8-20-11(10-16)9-12(17)18/h11H,3-10H2,1-2H3,(H,14,19)(H,17,18). The number of unbranched alkanes of at least 4 members (excludes halogenated alkanes) is 1. The van der Waals surface area contributed by atoms with E-state index >= 15 is 0 Å². The zero-order chi connectivity index (χ0) is 15.0. The molecule has 0 aromatic carbocycles. The lowest BCUT2D eigenvalue weighted by Crippen LogP contribution is -2.50. The second-order valence-corrected chi connectivity index (χ2v) is 5.28. The van der Waals surface area contributed by atoms with E-state index < -0.39 is 12.1 Å². The van der Waals surface area contributed by atoms with Gasteiger partial charge in [0, 0.05) is 19.6 Å². The highest BCUT2D eigenvalue weighted by molar-refractivity contribution is 5.74. The number of morpholine rings is 1. The fourth-order valence-electron chi connectivity index (χ4n) is 2.08. The van der Waals surface area contributed by atoms with Gasteiger partial charge in [-0.2, -0.15) is 0 Å². The molecule has 0 saturated carbocycles. The number of amides is 2. The number of carbonyl (C=O) groups is 2. The third-order valence-corrected chi connectivity index (χ3v) is 3.14. The Labute approximate surface area is 119 Å². The zero-order valence-electron chi connectivity index (χ0n) is 12.3. The van der Waals surface area contributed by atoms with Crippen LogP contribution in [0.5, 0.6) is 0 Å². The summed E-state index contributed by atoms with van der Waals surface area (Å²) in [4.78, 5) is 26.3. The lowest BCUT2D eigenvalue weighted by Gasteiger charge is -2.32. The van der Waals surface area contributed by atoms with Gasteiger partial charge in [-0.15, -0.1) is 0 Å². The summed E-state index contributed by atoms with van der Waals surface area (Å²) < 4.78 is 5.33. The van der Waals surface area contributed by atoms with E-state index in [-0.39, 0.29) is 12.5 Å². The van der Waals surface area contributed by atoms with E-state index in [0.717, 1.165) is 19.4 Å². The Bertz CT molecular complexity index is 323. The van der Waals surface area contributed by atoms with E-state index in [2.05, 4.69) is 10.2 Å². The first-order valence-electron chi connectivity index (χ1n) is 7.00. The van der Waals surface area contributed by atoms with E-state index in [4.69, 9.17) is 9.84 Å². The van der Waals surface area contributed by atoms with Crippen molar-refractivity contribution in [1.29, 1.82) is 0 Å². The molecule has 1 rings (SSSR count). The van der Waals surface area contributed by atoms with E-state index in [1.165, 1.54) is 0 Å². The minimum absolute atomic E-state index is 0.0629. The number of carboxylic acid groups (broad SMARTS) is 1. The normalized spacial score (nSPS) is 19.1. The molecular weight excluding hydrogens is 262 g/mol. The summed E-state index contributed by atoms with van der Waals surface area (Å²) in [6, 6.07) is -0.131. The Kier molecular flexibility index (Phi) is 7.32. The van der Waals surface area contributed by atoms with Crippen molar-refractivity contribution in [2.75, 3.05) is 46.9 Å². The van der Waals surface area contributed by atoms with Gasteiger partial charge in [0.25, 0.3) is 0 Å². The second-order valence-electron chi connectivity index (χ2n) is 5.28. The van der Waals surface area contributed by atoms with Crippen LogP contribution in [0.1, 0.15) is 19.3 Å². The number of rotatable bonds is 7. The summed E-state index contributed by atoms with van der Waals surface area (Å²) in [6.07, 6.45) is 1.51. The van der Waals surface area contributed by atoms with Crippen molar-refractivity contribution in [3.8, 4) is 0 Å². The Morgan fingerprint density at radius 3 is 2.80 bits per heavy atom. The Morgan fingerprint density at radius 2 is 2.15 bits per heavy atom. The fraction of sp³-hybridized carbons (Fsp3) is 0.846. The van der Waals surface area contributed by atoms with Crippen LogP contribution in [0.3, 0.4) is 0 Å². The fourth-order valence-corrected chi connectivity index (χ4v) is 2.08. The van der Waals surface area contributed by atoms with E-state index in [1.54, 1.807) is 4.90 Å². The molecule has 1 unspecified atom stereocenters. The van der Waals surface area contributed by atoms with Crippen molar-refractivity contribution >= 4 is 12.0 Å². The van der Waals surface area contributed by atoms with Gasteiger partial charge in [-0.1, -0.05) is 0 Å². The minimum atomic E-state index is -0.902. The molecule has 0 aromatic rings. The van der Waals surface area contributed by atoms with Crippen molar-refractivity contribution in [2.24, 2.45) is 0 Å². The summed E-state index contributed by atoms with van der Waals surface area (Å²) in [6.45, 7) is 2.91. The molecule has 1 aliphatic rings. The largest absolute Gasteiger partial charge is 0.481 e. The predicted octanol–water partition coefficient (Wildman–Crippen LogP) is 0.213. The number of aliphatic carboxylic acids is 1. The molecule has 1 aliphatic heterocycles. The maximum Gasteiger partial charge on any atom is 0.317 e. The van der Waals surface area contributed by atoms with Gasteiger partial charge in [0.1, 0.15) is 0 Å². The van der Waals surface area contributed by atoms with Gasteiger partial charge in [0.15, 0.2) is 0 Å². The molecule has 1 atom stereocenters. The molecule has 2 amide bonds. The van der Waals surface area contributed by atoms with Crippen LogP contribution in [0.2, 0.25) is 0 Å². The van der Waals surface area contributed by atoms with E-state index in [0.29, 0.717) is 26.2 Å². The highest BCUT2D eigenvalue weighted by Gasteiger charge is 2.25. The highest BCUT2D eigenvalue weighted by atomic mass is 16.5. The molecule has 7 nitrogen and oxygen atoms in total. The van der Waals surface area contributed by atoms with Crippen LogP contribution in [0, 0.1) is 0 Å². The van der Waals surface area contributed by atoms with Gasteiger partial charge in [-0.25, -0.2) is 4.79 Å². The molecule has 7 heteroatoms. The summed E-state index contributed by atoms with van der Waals surface area (Å²) in [7, 11) is 4.05. The van der Waals surface area contributed by atoms with E-state index in [9.17, 15) is 9.59 Å². The summed E-state index contributed by atoms with van der Waals surface area (Å²) >= 11 is 0. The van der Waals surface area contributed by atoms with Crippen molar-refractivity contribution in [1.82, 2.24) is 15.1 Å². The van der Waals surface area contributed by atoms with Crippen LogP contribution in [0.25, 0.3) is 0 Å². The molecule has 0 spiro atoms. The quantitative estimate of drug-likeness (QED) is 0.654. The van der Waals surface area contributed by atoms with Crippen LogP contribution >= 0.6 is 0 Å². The van der Waals surface area contributed by atoms with Gasteiger partial charge < -0.3 is 25.0 Å². The zero-order valence-corrected chi connectivity index (χ0v) is 12.3. The third-order valence-electron chi connectivity index (χ3n) is 3.14. The molecule has 2 N–H and O–H groups in total. The Morgan fingerprint density at radius 1 is 1.40 bits per heavy atom. The van der Waals surface area contributed by atoms with Gasteiger partial charge in [0.2, 0.25) is 0 Å². The first-order chi connectivity index (χ1) is 9.49. The number of nitrogens with zero attached hydrogens (tertiary/aromatic N) is 2. The van der Waals surface area contributed by atoms with Gasteiger partial charge in [-0.3, -0.25) is 4.79 Å². The van der Waals surface area contributed by atoms with Crippen LogP contribution in [0.4, 0.5) is 4.79 Å². The topological polar surface area (TPSA) is 82.1 Å². The van der Waals surface area contributed by atoms with Crippen molar-refractivity contribution < 1.29 is 19.4 Å². The van der Waals surface area contributed by atoms with Crippen molar-refractivity contribution in [3.63, 3.8) is 0 Å². The maximum atomic E-state index is 11.9. The molecule has 0 radical (unpaired) electrons. The van der Waals surface area contributed by atoms with Gasteiger partial charge in [0.05, 0.1) is 19.1 Å². The van der Waals surface area contributed by atoms with Crippen LogP contribution in [-0.2, 0) is 9.53 Å². The SMILES string of the molecule is CN(C)CCCCNC(=O)N1CCOC(CC(=O)O)C1. The average Bonchev–Trinajstić information content (AvgIpc) is 2.37. The number of hydrogen-bond acceptors (Lipinski definition) is 4. The maximum absolute atomic E-state index is 11.9. The number of urea groups is 1. The second kappa shape index (κ2) is 8.76. The number of ether oxygens (including phenoxy) is 1. The molecule has 1 fully saturated rings. The number of hydrogen-bond donors (Lipinski definition) is 2. The van der Waals surface area contributed by atoms with Gasteiger partial charge in [-0.05, 0) is 33.5 Å². The third kappa shape index (κ3) is 6.72. The smallest absolute Gasteiger partial charge is 0.317 e. The van der Waals surface area contributed by atoms with E-state index in [1.807, 2.05) is 14.1 Å². The molecule has 0 aliphatic carbocycles. The molecule has 1 saturated heterocycles. The van der Waals surface area contributed by atoms with Crippen molar-refractivity contribution in [2.45, 2.75) is 25.4 Å². The molecule has 0 bridgehead atoms. The monoisotopic (exact) mass is 287 g/mol. The van der Waals surface area contributed by atoms with Gasteiger partial charge >= 0.3 is 12.0 Å². The number of carbonyl (C=O) groups excluding carboxylic acids is 1. The average molecular weight is 287 g/mol. The molecule has 20 heavy (non-hydrogen) atoms. The number of carboxylic acids is 1. The molecule has 116 valence electrons. The highest BCUT2D eigenvalue weighted by Crippen LogP contribution is 2.08. The molecule has 1 heterocycles. The lowest BCUT2D eigenvalue weighted by molar-refractivity contribution is -0.141. The molecule has 0 aromatic heterocycles. The Hall–Kier alpha value is -1.34.